The number of imidazole rings is 1. The molecule has 1 fully saturated rings. The van der Waals surface area contributed by atoms with Gasteiger partial charge in [0.05, 0.1) is 16.6 Å². The van der Waals surface area contributed by atoms with Gasteiger partial charge in [0.1, 0.15) is 0 Å². The lowest BCUT2D eigenvalue weighted by atomic mass is 9.70. The van der Waals surface area contributed by atoms with Crippen molar-refractivity contribution in [1.82, 2.24) is 9.55 Å². The first kappa shape index (κ1) is 23.9. The predicted molar refractivity (Wildman–Crippen MR) is 127 cm³/mol. The summed E-state index contributed by atoms with van der Waals surface area (Å²) in [6.45, 7) is 6.75. The molecule has 1 aliphatic carbocycles. The highest BCUT2D eigenvalue weighted by Crippen LogP contribution is 2.46. The third-order valence-electron chi connectivity index (χ3n) is 6.33. The molecule has 2 N–H and O–H groups in total. The molecule has 0 aliphatic heterocycles. The lowest BCUT2D eigenvalue weighted by Crippen LogP contribution is -2.29. The molecular formula is C26H28F3N3O2. The van der Waals surface area contributed by atoms with E-state index in [0.717, 1.165) is 43.0 Å². The van der Waals surface area contributed by atoms with Gasteiger partial charge in [-0.1, -0.05) is 26.8 Å². The Morgan fingerprint density at radius 3 is 2.50 bits per heavy atom. The lowest BCUT2D eigenvalue weighted by Gasteiger charge is -2.40. The average Bonchev–Trinajstić information content (AvgIpc) is 3.07. The van der Waals surface area contributed by atoms with E-state index in [1.807, 2.05) is 18.2 Å². The normalized spacial score (nSPS) is 20.6. The predicted octanol–water partition coefficient (Wildman–Crippen LogP) is 7.28. The monoisotopic (exact) mass is 471 g/mol. The van der Waals surface area contributed by atoms with Gasteiger partial charge in [0.2, 0.25) is 5.95 Å². The second kappa shape index (κ2) is 8.81. The molecule has 34 heavy (non-hydrogen) atoms. The Labute approximate surface area is 196 Å². The molecule has 3 aromatic rings. The quantitative estimate of drug-likeness (QED) is 0.384. The summed E-state index contributed by atoms with van der Waals surface area (Å²) < 4.78 is 41.1. The first-order chi connectivity index (χ1) is 15.9. The molecule has 8 heteroatoms. The minimum atomic E-state index is -4.39. The number of rotatable bonds is 5. The molecule has 0 radical (unpaired) electrons. The number of halogens is 3. The third-order valence-corrected chi connectivity index (χ3v) is 6.33. The maximum Gasteiger partial charge on any atom is 0.416 e. The van der Waals surface area contributed by atoms with Gasteiger partial charge in [0, 0.05) is 17.8 Å². The molecule has 180 valence electrons. The van der Waals surface area contributed by atoms with Crippen molar-refractivity contribution in [3.8, 4) is 0 Å². The largest absolute Gasteiger partial charge is 0.478 e. The molecule has 2 aromatic carbocycles. The van der Waals surface area contributed by atoms with Crippen LogP contribution in [-0.4, -0.2) is 20.6 Å². The number of aromatic nitrogens is 2. The Morgan fingerprint density at radius 2 is 1.88 bits per heavy atom. The Balaban J connectivity index is 1.77. The molecule has 2 atom stereocenters. The minimum Gasteiger partial charge on any atom is -0.478 e. The fraction of sp³-hybridized carbons (Fsp3) is 0.385. The molecule has 4 rings (SSSR count). The van der Waals surface area contributed by atoms with Gasteiger partial charge in [-0.15, -0.1) is 0 Å². The number of alkyl halides is 3. The number of carbonyl (C=O) groups is 1. The van der Waals surface area contributed by atoms with E-state index in [9.17, 15) is 18.0 Å². The second-order valence-electron chi connectivity index (χ2n) is 9.99. The van der Waals surface area contributed by atoms with E-state index in [-0.39, 0.29) is 11.5 Å². The SMILES string of the molecule is C[C@H]1C[C@@H](n2c(Nc3ccc(C(F)(F)F)cc3)nc3cc(/C=C/C(=O)O)ccc32)CC(C)(C)C1. The molecule has 0 amide bonds. The van der Waals surface area contributed by atoms with Crippen LogP contribution in [0.4, 0.5) is 24.8 Å². The Hall–Kier alpha value is -3.29. The second-order valence-corrected chi connectivity index (χ2v) is 9.99. The summed E-state index contributed by atoms with van der Waals surface area (Å²) in [6, 6.07) is 10.7. The summed E-state index contributed by atoms with van der Waals surface area (Å²) in [6.07, 6.45) is 1.24. The van der Waals surface area contributed by atoms with Crippen LogP contribution in [0.5, 0.6) is 0 Å². The van der Waals surface area contributed by atoms with Crippen LogP contribution in [0.1, 0.15) is 57.2 Å². The van der Waals surface area contributed by atoms with Crippen LogP contribution < -0.4 is 5.32 Å². The highest BCUT2D eigenvalue weighted by molar-refractivity contribution is 5.87. The van der Waals surface area contributed by atoms with Crippen molar-refractivity contribution in [2.24, 2.45) is 11.3 Å². The summed E-state index contributed by atoms with van der Waals surface area (Å²) in [4.78, 5) is 15.7. The van der Waals surface area contributed by atoms with Gasteiger partial charge in [-0.3, -0.25) is 0 Å². The first-order valence-electron chi connectivity index (χ1n) is 11.3. The molecule has 0 bridgehead atoms. The Kier molecular flexibility index (Phi) is 6.18. The molecule has 1 aromatic heterocycles. The number of fused-ring (bicyclic) bond motifs is 1. The van der Waals surface area contributed by atoms with Crippen molar-refractivity contribution in [3.05, 3.63) is 59.7 Å². The fourth-order valence-electron chi connectivity index (χ4n) is 5.21. The van der Waals surface area contributed by atoms with Gasteiger partial charge in [-0.25, -0.2) is 9.78 Å². The maximum atomic E-state index is 13.0. The van der Waals surface area contributed by atoms with Crippen LogP contribution in [0.15, 0.2) is 48.5 Å². The van der Waals surface area contributed by atoms with E-state index < -0.39 is 17.7 Å². The number of carboxylic acid groups (broad SMARTS) is 1. The highest BCUT2D eigenvalue weighted by Gasteiger charge is 2.35. The van der Waals surface area contributed by atoms with Crippen LogP contribution in [0.3, 0.4) is 0 Å². The van der Waals surface area contributed by atoms with Crippen LogP contribution >= 0.6 is 0 Å². The molecule has 1 aliphatic rings. The van der Waals surface area contributed by atoms with Gasteiger partial charge in [-0.2, -0.15) is 13.2 Å². The molecule has 0 unspecified atom stereocenters. The number of carboxylic acids is 1. The minimum absolute atomic E-state index is 0.148. The van der Waals surface area contributed by atoms with Crippen molar-refractivity contribution in [2.45, 2.75) is 52.3 Å². The van der Waals surface area contributed by atoms with Crippen LogP contribution in [0, 0.1) is 11.3 Å². The molecule has 1 heterocycles. The van der Waals surface area contributed by atoms with Crippen LogP contribution in [0.25, 0.3) is 17.1 Å². The zero-order valence-corrected chi connectivity index (χ0v) is 19.4. The molecule has 0 saturated heterocycles. The van der Waals surface area contributed by atoms with Gasteiger partial charge >= 0.3 is 12.1 Å². The number of hydrogen-bond donors (Lipinski definition) is 2. The summed E-state index contributed by atoms with van der Waals surface area (Å²) in [5.41, 5.74) is 2.25. The van der Waals surface area contributed by atoms with Crippen molar-refractivity contribution in [1.29, 1.82) is 0 Å². The van der Waals surface area contributed by atoms with Gasteiger partial charge in [0.25, 0.3) is 0 Å². The van der Waals surface area contributed by atoms with E-state index in [1.165, 1.54) is 18.2 Å². The van der Waals surface area contributed by atoms with E-state index in [0.29, 0.717) is 28.6 Å². The topological polar surface area (TPSA) is 67.2 Å². The van der Waals surface area contributed by atoms with Crippen LogP contribution in [0.2, 0.25) is 0 Å². The summed E-state index contributed by atoms with van der Waals surface area (Å²) >= 11 is 0. The van der Waals surface area contributed by atoms with Gasteiger partial charge < -0.3 is 15.0 Å². The maximum absolute atomic E-state index is 13.0. The van der Waals surface area contributed by atoms with Crippen molar-refractivity contribution < 1.29 is 23.1 Å². The highest BCUT2D eigenvalue weighted by atomic mass is 19.4. The smallest absolute Gasteiger partial charge is 0.416 e. The van der Waals surface area contributed by atoms with E-state index in [2.05, 4.69) is 30.7 Å². The zero-order chi connectivity index (χ0) is 24.7. The number of anilines is 2. The first-order valence-corrected chi connectivity index (χ1v) is 11.3. The molecular weight excluding hydrogens is 443 g/mol. The number of aliphatic carboxylic acids is 1. The number of nitrogens with one attached hydrogen (secondary N) is 1. The van der Waals surface area contributed by atoms with Gasteiger partial charge in [0.15, 0.2) is 0 Å². The van der Waals surface area contributed by atoms with Crippen molar-refractivity contribution in [3.63, 3.8) is 0 Å². The average molecular weight is 472 g/mol. The number of hydrogen-bond acceptors (Lipinski definition) is 3. The van der Waals surface area contributed by atoms with E-state index in [1.54, 1.807) is 0 Å². The zero-order valence-electron chi connectivity index (χ0n) is 19.4. The number of benzene rings is 2. The van der Waals surface area contributed by atoms with Crippen molar-refractivity contribution >= 4 is 34.7 Å². The standard InChI is InChI=1S/C26H28F3N3O2/c1-16-12-20(15-25(2,3)14-16)32-22-10-4-17(5-11-23(33)34)13-21(22)31-24(32)30-19-8-6-18(7-9-19)26(27,28)29/h4-11,13,16,20H,12,14-15H2,1-3H3,(H,30,31)(H,33,34)/b11-5+/t16-,20+/m0/s1. The van der Waals surface area contributed by atoms with Crippen LogP contribution in [-0.2, 0) is 11.0 Å². The molecule has 0 spiro atoms. The van der Waals surface area contributed by atoms with E-state index >= 15 is 0 Å². The summed E-state index contributed by atoms with van der Waals surface area (Å²) in [5, 5.41) is 12.1. The lowest BCUT2D eigenvalue weighted by molar-refractivity contribution is -0.137. The van der Waals surface area contributed by atoms with Crippen molar-refractivity contribution in [2.75, 3.05) is 5.32 Å². The van der Waals surface area contributed by atoms with E-state index in [4.69, 9.17) is 10.1 Å². The summed E-state index contributed by atoms with van der Waals surface area (Å²) in [7, 11) is 0. The number of nitrogens with zero attached hydrogens (tertiary/aromatic N) is 2. The fourth-order valence-corrected chi connectivity index (χ4v) is 5.21. The Morgan fingerprint density at radius 1 is 1.18 bits per heavy atom. The van der Waals surface area contributed by atoms with Gasteiger partial charge in [-0.05, 0) is 78.6 Å². The Bertz CT molecular complexity index is 1230. The summed E-state index contributed by atoms with van der Waals surface area (Å²) in [5.74, 6) is 0.0422. The molecule has 1 saturated carbocycles. The molecule has 5 nitrogen and oxygen atoms in total. The third kappa shape index (κ3) is 5.26.